The summed E-state index contributed by atoms with van der Waals surface area (Å²) in [4.78, 5) is 22.1. The van der Waals surface area contributed by atoms with Crippen LogP contribution in [0.2, 0.25) is 0 Å². The van der Waals surface area contributed by atoms with Crippen LogP contribution in [-0.4, -0.2) is 31.9 Å². The summed E-state index contributed by atoms with van der Waals surface area (Å²) in [5.41, 5.74) is 3.33. The first-order chi connectivity index (χ1) is 15.2. The Bertz CT molecular complexity index is 1310. The molecule has 0 spiro atoms. The number of amides is 1. The Hall–Kier alpha value is -3.49. The first-order valence-corrected chi connectivity index (χ1v) is 11.6. The SMILES string of the molecule is CSc1nc2ccc(NC(=O)c3nc(-c4ccccc4)n(-c4ccccc4)n3)cc2s1. The third kappa shape index (κ3) is 3.95. The fourth-order valence-electron chi connectivity index (χ4n) is 3.19. The number of carbonyl (C=O) groups excluding carboxylic acids is 1. The molecule has 0 atom stereocenters. The number of anilines is 1. The van der Waals surface area contributed by atoms with Gasteiger partial charge < -0.3 is 5.32 Å². The third-order valence-electron chi connectivity index (χ3n) is 4.64. The van der Waals surface area contributed by atoms with Gasteiger partial charge in [-0.2, -0.15) is 0 Å². The molecule has 31 heavy (non-hydrogen) atoms. The number of hydrogen-bond donors (Lipinski definition) is 1. The van der Waals surface area contributed by atoms with Crippen molar-refractivity contribution >= 4 is 44.9 Å². The average molecular weight is 444 g/mol. The molecular formula is C23H17N5OS2. The van der Waals surface area contributed by atoms with Gasteiger partial charge in [0.25, 0.3) is 5.91 Å². The fourth-order valence-corrected chi connectivity index (χ4v) is 4.72. The summed E-state index contributed by atoms with van der Waals surface area (Å²) in [5, 5.41) is 7.43. The van der Waals surface area contributed by atoms with Gasteiger partial charge in [-0.25, -0.2) is 14.6 Å². The monoisotopic (exact) mass is 443 g/mol. The van der Waals surface area contributed by atoms with Gasteiger partial charge in [0, 0.05) is 11.3 Å². The molecule has 0 saturated heterocycles. The number of carbonyl (C=O) groups is 1. The van der Waals surface area contributed by atoms with E-state index in [0.29, 0.717) is 11.5 Å². The number of nitrogens with zero attached hydrogens (tertiary/aromatic N) is 4. The zero-order valence-corrected chi connectivity index (χ0v) is 18.2. The van der Waals surface area contributed by atoms with E-state index in [9.17, 15) is 4.79 Å². The highest BCUT2D eigenvalue weighted by atomic mass is 32.2. The molecule has 5 aromatic rings. The smallest absolute Gasteiger partial charge is 0.295 e. The number of aromatic nitrogens is 4. The van der Waals surface area contributed by atoms with Gasteiger partial charge in [-0.05, 0) is 36.6 Å². The molecule has 6 nitrogen and oxygen atoms in total. The Kier molecular flexibility index (Phi) is 5.23. The predicted octanol–water partition coefficient (Wildman–Crippen LogP) is 5.52. The topological polar surface area (TPSA) is 72.7 Å². The summed E-state index contributed by atoms with van der Waals surface area (Å²) in [6, 6.07) is 25.1. The van der Waals surface area contributed by atoms with E-state index in [2.05, 4.69) is 20.4 Å². The van der Waals surface area contributed by atoms with E-state index in [0.717, 1.165) is 25.8 Å². The number of para-hydroxylation sites is 1. The zero-order valence-electron chi connectivity index (χ0n) is 16.5. The molecule has 2 aromatic heterocycles. The van der Waals surface area contributed by atoms with Gasteiger partial charge in [0.1, 0.15) is 0 Å². The molecule has 0 unspecified atom stereocenters. The first-order valence-electron chi connectivity index (χ1n) is 9.55. The van der Waals surface area contributed by atoms with Gasteiger partial charge in [-0.15, -0.1) is 16.4 Å². The zero-order chi connectivity index (χ0) is 21.2. The van der Waals surface area contributed by atoms with Crippen LogP contribution in [0.5, 0.6) is 0 Å². The molecular weight excluding hydrogens is 426 g/mol. The summed E-state index contributed by atoms with van der Waals surface area (Å²) >= 11 is 3.21. The number of thioether (sulfide) groups is 1. The second kappa shape index (κ2) is 8.33. The largest absolute Gasteiger partial charge is 0.319 e. The lowest BCUT2D eigenvalue weighted by Crippen LogP contribution is -2.14. The Morgan fingerprint density at radius 1 is 0.968 bits per heavy atom. The maximum atomic E-state index is 13.0. The molecule has 0 saturated carbocycles. The van der Waals surface area contributed by atoms with Gasteiger partial charge in [-0.3, -0.25) is 4.79 Å². The van der Waals surface area contributed by atoms with Crippen LogP contribution in [0.25, 0.3) is 27.3 Å². The van der Waals surface area contributed by atoms with Crippen LogP contribution >= 0.6 is 23.1 Å². The molecule has 1 amide bonds. The van der Waals surface area contributed by atoms with Crippen LogP contribution in [0, 0.1) is 0 Å². The summed E-state index contributed by atoms with van der Waals surface area (Å²) in [6.07, 6.45) is 2.00. The van der Waals surface area contributed by atoms with Crippen LogP contribution in [0.1, 0.15) is 10.6 Å². The minimum atomic E-state index is -0.360. The number of hydrogen-bond acceptors (Lipinski definition) is 6. The molecule has 0 bridgehead atoms. The molecule has 0 aliphatic carbocycles. The van der Waals surface area contributed by atoms with Crippen molar-refractivity contribution in [3.63, 3.8) is 0 Å². The van der Waals surface area contributed by atoms with Gasteiger partial charge >= 0.3 is 0 Å². The first kappa shape index (κ1) is 19.5. The molecule has 3 aromatic carbocycles. The standard InChI is InChI=1S/C23H17N5OS2/c1-30-23-25-18-13-12-16(14-19(18)31-23)24-22(29)20-26-21(15-8-4-2-5-9-15)28(27-20)17-10-6-3-7-11-17/h2-14H,1H3,(H,24,29). The van der Waals surface area contributed by atoms with Crippen molar-refractivity contribution in [2.24, 2.45) is 0 Å². The molecule has 8 heteroatoms. The van der Waals surface area contributed by atoms with Crippen LogP contribution in [0.3, 0.4) is 0 Å². The summed E-state index contributed by atoms with van der Waals surface area (Å²) < 4.78 is 3.71. The molecule has 0 fully saturated rings. The summed E-state index contributed by atoms with van der Waals surface area (Å²) in [6.45, 7) is 0. The Balaban J connectivity index is 1.50. The van der Waals surface area contributed by atoms with Crippen molar-refractivity contribution in [2.75, 3.05) is 11.6 Å². The van der Waals surface area contributed by atoms with Gasteiger partial charge in [0.15, 0.2) is 10.2 Å². The maximum Gasteiger partial charge on any atom is 0.295 e. The van der Waals surface area contributed by atoms with Crippen molar-refractivity contribution in [3.05, 3.63) is 84.7 Å². The van der Waals surface area contributed by atoms with Gasteiger partial charge in [-0.1, -0.05) is 60.3 Å². The maximum absolute atomic E-state index is 13.0. The predicted molar refractivity (Wildman–Crippen MR) is 126 cm³/mol. The van der Waals surface area contributed by atoms with Crippen molar-refractivity contribution in [2.45, 2.75) is 4.34 Å². The van der Waals surface area contributed by atoms with E-state index in [1.807, 2.05) is 85.1 Å². The second-order valence-corrected chi connectivity index (χ2v) is 8.78. The van der Waals surface area contributed by atoms with Gasteiger partial charge in [0.05, 0.1) is 15.9 Å². The molecule has 2 heterocycles. The van der Waals surface area contributed by atoms with Crippen LogP contribution in [0.4, 0.5) is 5.69 Å². The van der Waals surface area contributed by atoms with Crippen LogP contribution in [-0.2, 0) is 0 Å². The van der Waals surface area contributed by atoms with E-state index >= 15 is 0 Å². The highest BCUT2D eigenvalue weighted by Gasteiger charge is 2.19. The van der Waals surface area contributed by atoms with Crippen LogP contribution < -0.4 is 5.32 Å². The van der Waals surface area contributed by atoms with E-state index in [1.54, 1.807) is 27.8 Å². The number of nitrogens with one attached hydrogen (secondary N) is 1. The van der Waals surface area contributed by atoms with Crippen molar-refractivity contribution in [1.29, 1.82) is 0 Å². The summed E-state index contributed by atoms with van der Waals surface area (Å²) in [5.74, 6) is 0.359. The van der Waals surface area contributed by atoms with Crippen molar-refractivity contribution < 1.29 is 4.79 Å². The quantitative estimate of drug-likeness (QED) is 0.362. The molecule has 152 valence electrons. The number of benzene rings is 3. The molecule has 5 rings (SSSR count). The lowest BCUT2D eigenvalue weighted by molar-refractivity contribution is 0.101. The highest BCUT2D eigenvalue weighted by Crippen LogP contribution is 2.30. The molecule has 0 aliphatic heterocycles. The minimum Gasteiger partial charge on any atom is -0.319 e. The van der Waals surface area contributed by atoms with E-state index in [-0.39, 0.29) is 11.7 Å². The van der Waals surface area contributed by atoms with Crippen LogP contribution in [0.15, 0.2) is 83.2 Å². The van der Waals surface area contributed by atoms with E-state index in [4.69, 9.17) is 0 Å². The summed E-state index contributed by atoms with van der Waals surface area (Å²) in [7, 11) is 0. The van der Waals surface area contributed by atoms with E-state index in [1.165, 1.54) is 0 Å². The van der Waals surface area contributed by atoms with Crippen molar-refractivity contribution in [3.8, 4) is 17.1 Å². The number of fused-ring (bicyclic) bond motifs is 1. The lowest BCUT2D eigenvalue weighted by atomic mass is 10.2. The third-order valence-corrected chi connectivity index (χ3v) is 6.65. The number of rotatable bonds is 5. The fraction of sp³-hybridized carbons (Fsp3) is 0.0435. The van der Waals surface area contributed by atoms with E-state index < -0.39 is 0 Å². The molecule has 1 N–H and O–H groups in total. The molecule has 0 radical (unpaired) electrons. The Morgan fingerprint density at radius 3 is 2.45 bits per heavy atom. The highest BCUT2D eigenvalue weighted by molar-refractivity contribution is 8.00. The van der Waals surface area contributed by atoms with Gasteiger partial charge in [0.2, 0.25) is 5.82 Å². The average Bonchev–Trinajstić information content (AvgIpc) is 3.44. The Morgan fingerprint density at radius 2 is 1.71 bits per heavy atom. The molecule has 0 aliphatic rings. The lowest BCUT2D eigenvalue weighted by Gasteiger charge is -2.05. The Labute approximate surface area is 187 Å². The number of thiazole rings is 1. The minimum absolute atomic E-state index is 0.108. The second-order valence-electron chi connectivity index (χ2n) is 6.69. The van der Waals surface area contributed by atoms with Crippen molar-refractivity contribution in [1.82, 2.24) is 19.7 Å². The normalized spacial score (nSPS) is 11.0.